The Morgan fingerprint density at radius 2 is 2.12 bits per heavy atom. The monoisotopic (exact) mass is 224 g/mol. The number of fused-ring (bicyclic) bond motifs is 3. The molecule has 1 aromatic carbocycles. The van der Waals surface area contributed by atoms with E-state index in [4.69, 9.17) is 9.68 Å². The van der Waals surface area contributed by atoms with Gasteiger partial charge in [0.25, 0.3) is 5.56 Å². The van der Waals surface area contributed by atoms with Crippen LogP contribution in [0, 0.1) is 18.3 Å². The maximum atomic E-state index is 11.9. The highest BCUT2D eigenvalue weighted by atomic mass is 16.3. The lowest BCUT2D eigenvalue weighted by Gasteiger charge is -1.97. The summed E-state index contributed by atoms with van der Waals surface area (Å²) in [6.07, 6.45) is 0. The Morgan fingerprint density at radius 1 is 1.35 bits per heavy atom. The first kappa shape index (κ1) is 9.67. The van der Waals surface area contributed by atoms with Crippen LogP contribution in [0.5, 0.6) is 0 Å². The lowest BCUT2D eigenvalue weighted by Crippen LogP contribution is -2.12. The van der Waals surface area contributed by atoms with Gasteiger partial charge in [-0.2, -0.15) is 5.26 Å². The van der Waals surface area contributed by atoms with Crippen LogP contribution in [0.2, 0.25) is 0 Å². The van der Waals surface area contributed by atoms with E-state index in [2.05, 4.69) is 6.07 Å². The molecule has 82 valence electrons. The molecule has 0 spiro atoms. The van der Waals surface area contributed by atoms with Crippen molar-refractivity contribution in [2.75, 3.05) is 0 Å². The Morgan fingerprint density at radius 3 is 2.88 bits per heavy atom. The van der Waals surface area contributed by atoms with E-state index in [1.165, 1.54) is 10.5 Å². The first-order valence-corrected chi connectivity index (χ1v) is 5.16. The SMILES string of the molecule is Cc1cc(=O)n2c(oc3ccccc32)c1C#N. The second kappa shape index (κ2) is 3.22. The van der Waals surface area contributed by atoms with Gasteiger partial charge in [-0.05, 0) is 24.6 Å². The molecule has 4 heteroatoms. The van der Waals surface area contributed by atoms with Crippen molar-refractivity contribution >= 4 is 16.8 Å². The molecule has 0 aliphatic heterocycles. The number of hydrogen-bond acceptors (Lipinski definition) is 3. The van der Waals surface area contributed by atoms with E-state index in [0.717, 1.165) is 0 Å². The molecule has 3 aromatic rings. The van der Waals surface area contributed by atoms with Gasteiger partial charge in [0, 0.05) is 6.07 Å². The minimum atomic E-state index is -0.179. The normalized spacial score (nSPS) is 10.8. The lowest BCUT2D eigenvalue weighted by molar-refractivity contribution is 0.649. The maximum Gasteiger partial charge on any atom is 0.258 e. The summed E-state index contributed by atoms with van der Waals surface area (Å²) < 4.78 is 7.01. The summed E-state index contributed by atoms with van der Waals surface area (Å²) in [6, 6.07) is 10.8. The predicted molar refractivity (Wildman–Crippen MR) is 62.9 cm³/mol. The first-order chi connectivity index (χ1) is 8.22. The van der Waals surface area contributed by atoms with Crippen molar-refractivity contribution in [1.82, 2.24) is 4.40 Å². The largest absolute Gasteiger partial charge is 0.437 e. The fourth-order valence-electron chi connectivity index (χ4n) is 2.00. The third-order valence-electron chi connectivity index (χ3n) is 2.80. The van der Waals surface area contributed by atoms with Crippen molar-refractivity contribution in [3.63, 3.8) is 0 Å². The molecule has 2 aromatic heterocycles. The van der Waals surface area contributed by atoms with E-state index in [0.29, 0.717) is 27.9 Å². The smallest absolute Gasteiger partial charge is 0.258 e. The van der Waals surface area contributed by atoms with E-state index in [9.17, 15) is 4.79 Å². The molecule has 0 unspecified atom stereocenters. The van der Waals surface area contributed by atoms with Crippen molar-refractivity contribution in [3.8, 4) is 6.07 Å². The molecular weight excluding hydrogens is 216 g/mol. The summed E-state index contributed by atoms with van der Waals surface area (Å²) in [4.78, 5) is 11.9. The molecule has 3 rings (SSSR count). The summed E-state index contributed by atoms with van der Waals surface area (Å²) in [5.74, 6) is 0. The minimum Gasteiger partial charge on any atom is -0.437 e. The van der Waals surface area contributed by atoms with Gasteiger partial charge in [-0.1, -0.05) is 12.1 Å². The molecule has 0 saturated heterocycles. The summed E-state index contributed by atoms with van der Waals surface area (Å²) in [6.45, 7) is 1.73. The predicted octanol–water partition coefficient (Wildman–Crippen LogP) is 2.23. The van der Waals surface area contributed by atoms with Crippen molar-refractivity contribution in [2.24, 2.45) is 0 Å². The third-order valence-corrected chi connectivity index (χ3v) is 2.80. The number of pyridine rings is 1. The number of hydrogen-bond donors (Lipinski definition) is 0. The van der Waals surface area contributed by atoms with Gasteiger partial charge in [0.05, 0.1) is 5.52 Å². The Bertz CT molecular complexity index is 834. The standard InChI is InChI=1S/C13H8N2O2/c1-8-6-12(16)15-10-4-2-3-5-11(10)17-13(15)9(8)7-14/h2-6H,1H3. The highest BCUT2D eigenvalue weighted by Crippen LogP contribution is 2.22. The fourth-order valence-corrected chi connectivity index (χ4v) is 2.00. The highest BCUT2D eigenvalue weighted by Gasteiger charge is 2.14. The van der Waals surface area contributed by atoms with Gasteiger partial charge in [0.1, 0.15) is 11.6 Å². The molecule has 0 fully saturated rings. The van der Waals surface area contributed by atoms with Crippen LogP contribution in [-0.4, -0.2) is 4.40 Å². The van der Waals surface area contributed by atoms with E-state index < -0.39 is 0 Å². The van der Waals surface area contributed by atoms with E-state index in [1.807, 2.05) is 12.1 Å². The van der Waals surface area contributed by atoms with Crippen LogP contribution in [0.15, 0.2) is 39.5 Å². The van der Waals surface area contributed by atoms with Gasteiger partial charge in [-0.15, -0.1) is 0 Å². The number of nitrogens with zero attached hydrogens (tertiary/aromatic N) is 2. The van der Waals surface area contributed by atoms with Crippen LogP contribution < -0.4 is 5.56 Å². The minimum absolute atomic E-state index is 0.179. The summed E-state index contributed by atoms with van der Waals surface area (Å²) in [5.41, 5.74) is 2.47. The molecule has 4 nitrogen and oxygen atoms in total. The summed E-state index contributed by atoms with van der Waals surface area (Å²) in [5, 5.41) is 9.11. The topological polar surface area (TPSA) is 58.4 Å². The van der Waals surface area contributed by atoms with Crippen molar-refractivity contribution in [1.29, 1.82) is 5.26 Å². The Kier molecular flexibility index (Phi) is 1.83. The van der Waals surface area contributed by atoms with Crippen LogP contribution in [0.3, 0.4) is 0 Å². The first-order valence-electron chi connectivity index (χ1n) is 5.16. The highest BCUT2D eigenvalue weighted by molar-refractivity contribution is 5.79. The van der Waals surface area contributed by atoms with E-state index in [1.54, 1.807) is 19.1 Å². The number of oxazole rings is 1. The zero-order valence-corrected chi connectivity index (χ0v) is 9.10. The molecule has 0 aliphatic rings. The molecule has 0 radical (unpaired) electrons. The molecule has 0 atom stereocenters. The average molecular weight is 224 g/mol. The van der Waals surface area contributed by atoms with Crippen LogP contribution >= 0.6 is 0 Å². The maximum absolute atomic E-state index is 11.9. The number of nitriles is 1. The van der Waals surface area contributed by atoms with E-state index in [-0.39, 0.29) is 5.56 Å². The number of aromatic nitrogens is 1. The second-order valence-electron chi connectivity index (χ2n) is 3.86. The second-order valence-corrected chi connectivity index (χ2v) is 3.86. The third kappa shape index (κ3) is 1.20. The zero-order valence-electron chi connectivity index (χ0n) is 9.10. The zero-order chi connectivity index (χ0) is 12.0. The van der Waals surface area contributed by atoms with Crippen LogP contribution in [0.1, 0.15) is 11.1 Å². The van der Waals surface area contributed by atoms with E-state index >= 15 is 0 Å². The van der Waals surface area contributed by atoms with Crippen LogP contribution in [0.25, 0.3) is 16.8 Å². The molecule has 0 bridgehead atoms. The Hall–Kier alpha value is -2.54. The van der Waals surface area contributed by atoms with Gasteiger partial charge in [0.2, 0.25) is 5.71 Å². The molecule has 0 aliphatic carbocycles. The van der Waals surface area contributed by atoms with Crippen molar-refractivity contribution < 1.29 is 4.42 Å². The summed E-state index contributed by atoms with van der Waals surface area (Å²) >= 11 is 0. The van der Waals surface area contributed by atoms with Gasteiger partial charge >= 0.3 is 0 Å². The number of para-hydroxylation sites is 2. The Labute approximate surface area is 96.3 Å². The summed E-state index contributed by atoms with van der Waals surface area (Å²) in [7, 11) is 0. The van der Waals surface area contributed by atoms with Crippen molar-refractivity contribution in [2.45, 2.75) is 6.92 Å². The van der Waals surface area contributed by atoms with Gasteiger partial charge in [-0.3, -0.25) is 4.79 Å². The quantitative estimate of drug-likeness (QED) is 0.588. The molecule has 17 heavy (non-hydrogen) atoms. The van der Waals surface area contributed by atoms with Gasteiger partial charge in [0.15, 0.2) is 5.58 Å². The molecule has 0 N–H and O–H groups in total. The van der Waals surface area contributed by atoms with Crippen LogP contribution in [0.4, 0.5) is 0 Å². The fraction of sp³-hybridized carbons (Fsp3) is 0.0769. The Balaban J connectivity index is 2.70. The molecular formula is C13H8N2O2. The number of aryl methyl sites for hydroxylation is 1. The van der Waals surface area contributed by atoms with Crippen molar-refractivity contribution in [3.05, 3.63) is 51.8 Å². The number of benzene rings is 1. The van der Waals surface area contributed by atoms with Crippen LogP contribution in [-0.2, 0) is 0 Å². The lowest BCUT2D eigenvalue weighted by atomic mass is 10.2. The number of rotatable bonds is 0. The molecule has 2 heterocycles. The molecule has 0 amide bonds. The van der Waals surface area contributed by atoms with Gasteiger partial charge < -0.3 is 4.42 Å². The molecule has 0 saturated carbocycles. The van der Waals surface area contributed by atoms with Gasteiger partial charge in [-0.25, -0.2) is 4.40 Å². The average Bonchev–Trinajstić information content (AvgIpc) is 2.68.